The van der Waals surface area contributed by atoms with E-state index in [-0.39, 0.29) is 0 Å². The quantitative estimate of drug-likeness (QED) is 0.314. The first-order valence-corrected chi connectivity index (χ1v) is 1.76. The molecule has 0 spiro atoms. The van der Waals surface area contributed by atoms with Crippen molar-refractivity contribution in [2.24, 2.45) is 5.84 Å². The average molecular weight is 99.1 g/mol. The second-order valence-corrected chi connectivity index (χ2v) is 1.000. The number of H-pyrrole nitrogens is 1. The lowest BCUT2D eigenvalue weighted by Crippen LogP contribution is -2.06. The molecule has 0 aromatic carbocycles. The normalized spacial score (nSPS) is 8.71. The van der Waals surface area contributed by atoms with Gasteiger partial charge in [0.1, 0.15) is 0 Å². The summed E-state index contributed by atoms with van der Waals surface area (Å²) in [6, 6.07) is 0. The van der Waals surface area contributed by atoms with Gasteiger partial charge in [0, 0.05) is 0 Å². The van der Waals surface area contributed by atoms with Crippen molar-refractivity contribution in [1.82, 2.24) is 15.4 Å². The zero-order valence-electron chi connectivity index (χ0n) is 3.55. The molecule has 0 atom stereocenters. The number of nitrogens with zero attached hydrogens (tertiary/aromatic N) is 2. The van der Waals surface area contributed by atoms with Gasteiger partial charge in [0.2, 0.25) is 0 Å². The van der Waals surface area contributed by atoms with Gasteiger partial charge in [-0.15, -0.1) is 5.10 Å². The zero-order valence-corrected chi connectivity index (χ0v) is 3.55. The SMILES string of the molecule is NNc1cn[nH]n1. The molecular weight excluding hydrogens is 94.1 g/mol. The maximum atomic E-state index is 4.92. The molecule has 0 radical (unpaired) electrons. The molecule has 0 fully saturated rings. The molecule has 1 aromatic heterocycles. The topological polar surface area (TPSA) is 79.6 Å². The second kappa shape index (κ2) is 1.57. The van der Waals surface area contributed by atoms with E-state index in [4.69, 9.17) is 5.84 Å². The van der Waals surface area contributed by atoms with Gasteiger partial charge in [0.05, 0.1) is 6.20 Å². The highest BCUT2D eigenvalue weighted by molar-refractivity contribution is 5.25. The Labute approximate surface area is 39.9 Å². The highest BCUT2D eigenvalue weighted by Gasteiger charge is 1.83. The number of hydrazine groups is 1. The number of hydrogen-bond acceptors (Lipinski definition) is 4. The number of rotatable bonds is 1. The van der Waals surface area contributed by atoms with Crippen molar-refractivity contribution in [3.63, 3.8) is 0 Å². The predicted molar refractivity (Wildman–Crippen MR) is 24.2 cm³/mol. The predicted octanol–water partition coefficient (Wildman–Crippen LogP) is -0.910. The van der Waals surface area contributed by atoms with E-state index in [1.165, 1.54) is 6.20 Å². The van der Waals surface area contributed by atoms with Crippen LogP contribution in [0.15, 0.2) is 6.20 Å². The molecule has 0 amide bonds. The first-order chi connectivity index (χ1) is 3.43. The minimum atomic E-state index is 0.542. The first kappa shape index (κ1) is 4.07. The molecule has 0 aliphatic rings. The number of nitrogen functional groups attached to an aromatic ring is 1. The van der Waals surface area contributed by atoms with Crippen LogP contribution in [0.2, 0.25) is 0 Å². The van der Waals surface area contributed by atoms with Crippen LogP contribution in [0.25, 0.3) is 0 Å². The molecule has 5 heteroatoms. The summed E-state index contributed by atoms with van der Waals surface area (Å²) in [5, 5.41) is 9.42. The number of hydrogen-bond donors (Lipinski definition) is 3. The van der Waals surface area contributed by atoms with E-state index in [0.29, 0.717) is 5.82 Å². The van der Waals surface area contributed by atoms with Crippen LogP contribution in [0.1, 0.15) is 0 Å². The average Bonchev–Trinajstić information content (AvgIpc) is 2.14. The minimum absolute atomic E-state index is 0.542. The van der Waals surface area contributed by atoms with Crippen LogP contribution >= 0.6 is 0 Å². The van der Waals surface area contributed by atoms with Gasteiger partial charge < -0.3 is 5.43 Å². The van der Waals surface area contributed by atoms with Gasteiger partial charge in [0.25, 0.3) is 0 Å². The standard InChI is InChI=1S/C2H5N5/c3-5-2-1-4-7-6-2/h1H,3H2,(H2,4,5,6,7). The Morgan fingerprint density at radius 1 is 1.86 bits per heavy atom. The molecule has 1 aromatic rings. The Kier molecular flexibility index (Phi) is 0.910. The van der Waals surface area contributed by atoms with Crippen molar-refractivity contribution in [3.8, 4) is 0 Å². The van der Waals surface area contributed by atoms with Crippen LogP contribution in [-0.2, 0) is 0 Å². The third kappa shape index (κ3) is 0.660. The number of anilines is 1. The highest BCUT2D eigenvalue weighted by atomic mass is 15.4. The Morgan fingerprint density at radius 2 is 2.71 bits per heavy atom. The molecule has 0 saturated heterocycles. The summed E-state index contributed by atoms with van der Waals surface area (Å²) in [7, 11) is 0. The Bertz CT molecular complexity index is 121. The molecule has 7 heavy (non-hydrogen) atoms. The van der Waals surface area contributed by atoms with Crippen LogP contribution in [0.5, 0.6) is 0 Å². The molecule has 0 saturated carbocycles. The fraction of sp³-hybridized carbons (Fsp3) is 0. The summed E-state index contributed by atoms with van der Waals surface area (Å²) in [6.45, 7) is 0. The van der Waals surface area contributed by atoms with Crippen LogP contribution in [0.3, 0.4) is 0 Å². The summed E-state index contributed by atoms with van der Waals surface area (Å²) in [5.41, 5.74) is 2.30. The maximum absolute atomic E-state index is 4.92. The van der Waals surface area contributed by atoms with Crippen LogP contribution in [0, 0.1) is 0 Å². The molecule has 0 aliphatic heterocycles. The van der Waals surface area contributed by atoms with Crippen molar-refractivity contribution in [2.45, 2.75) is 0 Å². The summed E-state index contributed by atoms with van der Waals surface area (Å²) in [4.78, 5) is 0. The Morgan fingerprint density at radius 3 is 3.00 bits per heavy atom. The molecule has 0 bridgehead atoms. The van der Waals surface area contributed by atoms with Crippen LogP contribution < -0.4 is 11.3 Å². The lowest BCUT2D eigenvalue weighted by molar-refractivity contribution is 0.939. The molecule has 0 unspecified atom stereocenters. The smallest absolute Gasteiger partial charge is 0.182 e. The van der Waals surface area contributed by atoms with Crippen molar-refractivity contribution in [2.75, 3.05) is 5.43 Å². The van der Waals surface area contributed by atoms with Gasteiger partial charge in [-0.2, -0.15) is 10.3 Å². The Balaban J connectivity index is 2.76. The second-order valence-electron chi connectivity index (χ2n) is 1.000. The molecule has 38 valence electrons. The first-order valence-electron chi connectivity index (χ1n) is 1.76. The fourth-order valence-corrected chi connectivity index (χ4v) is 0.271. The maximum Gasteiger partial charge on any atom is 0.182 e. The molecule has 1 heterocycles. The van der Waals surface area contributed by atoms with E-state index in [1.54, 1.807) is 0 Å². The molecular formula is C2H5N5. The van der Waals surface area contributed by atoms with Gasteiger partial charge in [-0.3, -0.25) is 0 Å². The largest absolute Gasteiger partial charge is 0.306 e. The van der Waals surface area contributed by atoms with Crippen molar-refractivity contribution in [3.05, 3.63) is 6.20 Å². The zero-order chi connectivity index (χ0) is 5.11. The van der Waals surface area contributed by atoms with E-state index in [9.17, 15) is 0 Å². The monoisotopic (exact) mass is 99.1 g/mol. The van der Waals surface area contributed by atoms with Gasteiger partial charge in [-0.1, -0.05) is 0 Å². The lowest BCUT2D eigenvalue weighted by Gasteiger charge is -1.82. The molecule has 1 rings (SSSR count). The number of aromatic amines is 1. The number of nitrogens with one attached hydrogen (secondary N) is 2. The highest BCUT2D eigenvalue weighted by Crippen LogP contribution is 1.88. The van der Waals surface area contributed by atoms with E-state index in [0.717, 1.165) is 0 Å². The summed E-state index contributed by atoms with van der Waals surface area (Å²) in [5.74, 6) is 5.46. The van der Waals surface area contributed by atoms with E-state index < -0.39 is 0 Å². The van der Waals surface area contributed by atoms with Gasteiger partial charge in [-0.05, 0) is 0 Å². The number of nitrogens with two attached hydrogens (primary N) is 1. The Hall–Kier alpha value is -1.10. The van der Waals surface area contributed by atoms with E-state index in [2.05, 4.69) is 20.8 Å². The summed E-state index contributed by atoms with van der Waals surface area (Å²) >= 11 is 0. The van der Waals surface area contributed by atoms with Gasteiger partial charge in [-0.25, -0.2) is 5.84 Å². The van der Waals surface area contributed by atoms with Crippen molar-refractivity contribution < 1.29 is 0 Å². The molecule has 0 aliphatic carbocycles. The molecule has 5 nitrogen and oxygen atoms in total. The van der Waals surface area contributed by atoms with Crippen LogP contribution in [-0.4, -0.2) is 15.4 Å². The van der Waals surface area contributed by atoms with E-state index >= 15 is 0 Å². The van der Waals surface area contributed by atoms with Crippen molar-refractivity contribution >= 4 is 5.82 Å². The van der Waals surface area contributed by atoms with Crippen LogP contribution in [0.4, 0.5) is 5.82 Å². The summed E-state index contributed by atoms with van der Waals surface area (Å²) < 4.78 is 0. The summed E-state index contributed by atoms with van der Waals surface area (Å²) in [6.07, 6.45) is 1.49. The fourth-order valence-electron chi connectivity index (χ4n) is 0.271. The lowest BCUT2D eigenvalue weighted by atomic mass is 10.8. The van der Waals surface area contributed by atoms with Gasteiger partial charge in [0.15, 0.2) is 5.82 Å². The van der Waals surface area contributed by atoms with E-state index in [1.807, 2.05) is 0 Å². The van der Waals surface area contributed by atoms with Crippen molar-refractivity contribution in [1.29, 1.82) is 0 Å². The third-order valence-corrected chi connectivity index (χ3v) is 0.563. The number of aromatic nitrogens is 3. The molecule has 4 N–H and O–H groups in total. The third-order valence-electron chi connectivity index (χ3n) is 0.563. The minimum Gasteiger partial charge on any atom is -0.306 e. The van der Waals surface area contributed by atoms with Gasteiger partial charge >= 0.3 is 0 Å².